The molecule has 1 saturated heterocycles. The van der Waals surface area contributed by atoms with Crippen LogP contribution in [0.1, 0.15) is 37.6 Å². The van der Waals surface area contributed by atoms with Crippen molar-refractivity contribution in [3.63, 3.8) is 0 Å². The van der Waals surface area contributed by atoms with E-state index in [1.807, 2.05) is 0 Å². The van der Waals surface area contributed by atoms with E-state index >= 15 is 0 Å². The van der Waals surface area contributed by atoms with Gasteiger partial charge in [-0.15, -0.1) is 5.10 Å². The van der Waals surface area contributed by atoms with Gasteiger partial charge in [0.1, 0.15) is 35.6 Å². The molecule has 2 fully saturated rings. The van der Waals surface area contributed by atoms with Crippen LogP contribution in [0.15, 0.2) is 24.5 Å². The smallest absolute Gasteiger partial charge is 0.340 e. The van der Waals surface area contributed by atoms with E-state index in [1.165, 1.54) is 6.20 Å². The SMILES string of the molecule is O=C(CCOCCOCCOCCOCCn1cc(COCCOCCOCCOCCNC(=O)[C@H]2CCC[C@H]2Nc2nc(Cl)nc3c2cnn3[C@@H]2O[C@H](COP(=O)(O)CP(=O)(O)O)[C@@H](O)[C@H]2O)nn1)Oc1c(F)cc(F)cc1F. The summed E-state index contributed by atoms with van der Waals surface area (Å²) < 4.78 is 125. The summed E-state index contributed by atoms with van der Waals surface area (Å²) in [7, 11) is -9.68. The molecule has 0 radical (unpaired) electrons. The lowest BCUT2D eigenvalue weighted by molar-refractivity contribution is -0.136. The van der Waals surface area contributed by atoms with Crippen LogP contribution < -0.4 is 15.4 Å². The number of benzene rings is 1. The number of esters is 1. The molecule has 448 valence electrons. The second kappa shape index (κ2) is 33.0. The largest absolute Gasteiger partial charge is 0.420 e. The Hall–Kier alpha value is -4.41. The standard InChI is InChI=1S/C45H65ClF3N9O20P2/c46-45-53-41(32-24-51-58(42(32)54-45)44-39(61)38(60)36(77-44)27-76-80(66,67)28-79(63,64)65)52-35-3-1-2-31(35)43(62)50-5-8-69-11-14-72-18-19-74-20-21-75-26-30-25-57(56-55-30)6-9-70-12-15-73-17-16-71-13-10-68-7-4-37(59)78-40-33(48)22-29(47)23-34(40)49/h22-25,31,35-36,38-39,44,60-61H,1-21,26-28H2,(H,50,62)(H,66,67)(H,52,53,54)(H2,63,64,65)/t31-,35+,36+,38+,39+,44+/m0/s1. The van der Waals surface area contributed by atoms with Gasteiger partial charge in [0.2, 0.25) is 16.9 Å². The maximum absolute atomic E-state index is 13.6. The number of aliphatic hydroxyl groups excluding tert-OH is 2. The Bertz CT molecular complexity index is 2640. The quantitative estimate of drug-likeness (QED) is 0.0109. The molecular weight excluding hydrogens is 1140 g/mol. The molecule has 1 saturated carbocycles. The molecule has 0 spiro atoms. The molecule has 3 aromatic heterocycles. The lowest BCUT2D eigenvalue weighted by Crippen LogP contribution is -2.39. The summed E-state index contributed by atoms with van der Waals surface area (Å²) in [6.07, 6.45) is -1.20. The molecule has 1 unspecified atom stereocenters. The normalized spacial score (nSPS) is 20.2. The number of hydrogen-bond donors (Lipinski definition) is 7. The second-order valence-corrected chi connectivity index (χ2v) is 22.1. The van der Waals surface area contributed by atoms with E-state index < -0.39 is 87.3 Å². The van der Waals surface area contributed by atoms with Crippen molar-refractivity contribution in [2.24, 2.45) is 5.92 Å². The molecule has 7 N–H and O–H groups in total. The zero-order valence-electron chi connectivity index (χ0n) is 43.1. The number of anilines is 1. The molecule has 7 atom stereocenters. The van der Waals surface area contributed by atoms with Crippen molar-refractivity contribution < 1.29 is 109 Å². The molecule has 1 aliphatic carbocycles. The minimum atomic E-state index is -4.91. The summed E-state index contributed by atoms with van der Waals surface area (Å²) in [6, 6.07) is 0.482. The van der Waals surface area contributed by atoms with E-state index in [4.69, 9.17) is 68.5 Å². The van der Waals surface area contributed by atoms with Crippen molar-refractivity contribution in [3.8, 4) is 5.75 Å². The number of rotatable bonds is 39. The zero-order valence-corrected chi connectivity index (χ0v) is 45.7. The van der Waals surface area contributed by atoms with Crippen molar-refractivity contribution in [2.75, 3.05) is 123 Å². The fourth-order valence-corrected chi connectivity index (χ4v) is 10.7. The third kappa shape index (κ3) is 21.7. The minimum absolute atomic E-state index is 0.0658. The van der Waals surface area contributed by atoms with Crippen LogP contribution in [0.2, 0.25) is 5.28 Å². The van der Waals surface area contributed by atoms with Crippen LogP contribution in [0.3, 0.4) is 0 Å². The van der Waals surface area contributed by atoms with E-state index in [-0.39, 0.29) is 74.7 Å². The predicted octanol–water partition coefficient (Wildman–Crippen LogP) is 1.47. The van der Waals surface area contributed by atoms with Gasteiger partial charge in [-0.3, -0.25) is 18.7 Å². The van der Waals surface area contributed by atoms with Gasteiger partial charge < -0.3 is 87.4 Å². The lowest BCUT2D eigenvalue weighted by Gasteiger charge is -2.21. The van der Waals surface area contributed by atoms with Gasteiger partial charge in [0.05, 0.1) is 149 Å². The molecule has 0 bridgehead atoms. The van der Waals surface area contributed by atoms with Crippen LogP contribution in [0.25, 0.3) is 11.0 Å². The Labute approximate surface area is 460 Å². The summed E-state index contributed by atoms with van der Waals surface area (Å²) in [6.45, 7) is 4.51. The van der Waals surface area contributed by atoms with Crippen LogP contribution in [0, 0.1) is 23.4 Å². The van der Waals surface area contributed by atoms with Gasteiger partial charge in [0.15, 0.2) is 29.4 Å². The number of fused-ring (bicyclic) bond motifs is 1. The number of hydrogen-bond acceptors (Lipinski definition) is 23. The van der Waals surface area contributed by atoms with Gasteiger partial charge in [-0.25, -0.2) is 22.5 Å². The Kier molecular flexibility index (Phi) is 26.7. The Morgan fingerprint density at radius 1 is 0.787 bits per heavy atom. The molecule has 4 aromatic rings. The van der Waals surface area contributed by atoms with Gasteiger partial charge in [0, 0.05) is 24.7 Å². The molecule has 80 heavy (non-hydrogen) atoms. The van der Waals surface area contributed by atoms with Crippen LogP contribution >= 0.6 is 26.8 Å². The number of amides is 1. The molecule has 1 aromatic carbocycles. The predicted molar refractivity (Wildman–Crippen MR) is 269 cm³/mol. The number of ether oxygens (including phenoxy) is 10. The van der Waals surface area contributed by atoms with E-state index in [2.05, 4.69) is 40.7 Å². The molecule has 2 aliphatic rings. The molecule has 6 rings (SSSR count). The lowest BCUT2D eigenvalue weighted by atomic mass is 10.0. The number of carbonyl (C=O) groups is 2. The highest BCUT2D eigenvalue weighted by Crippen LogP contribution is 2.55. The minimum Gasteiger partial charge on any atom is -0.420 e. The van der Waals surface area contributed by atoms with Crippen molar-refractivity contribution >= 4 is 55.5 Å². The molecule has 29 nitrogen and oxygen atoms in total. The third-order valence-electron chi connectivity index (χ3n) is 11.7. The highest BCUT2D eigenvalue weighted by Gasteiger charge is 2.46. The summed E-state index contributed by atoms with van der Waals surface area (Å²) in [5.41, 5.74) is 0.742. The van der Waals surface area contributed by atoms with Crippen LogP contribution in [-0.4, -0.2) is 214 Å². The topological polar surface area (TPSA) is 369 Å². The van der Waals surface area contributed by atoms with Crippen LogP contribution in [-0.2, 0) is 79.0 Å². The summed E-state index contributed by atoms with van der Waals surface area (Å²) in [4.78, 5) is 61.4. The van der Waals surface area contributed by atoms with Crippen molar-refractivity contribution in [2.45, 2.75) is 69.4 Å². The Balaban J connectivity index is 0.719. The number of nitrogens with zero attached hydrogens (tertiary/aromatic N) is 7. The maximum atomic E-state index is 13.6. The summed E-state index contributed by atoms with van der Waals surface area (Å²) in [5.74, 6) is -7.46. The zero-order chi connectivity index (χ0) is 57.5. The average Bonchev–Trinajstić information content (AvgIpc) is 4.30. The molecule has 1 amide bonds. The number of carbonyl (C=O) groups excluding carboxylic acids is 2. The van der Waals surface area contributed by atoms with Crippen LogP contribution in [0.4, 0.5) is 19.0 Å². The first-order valence-electron chi connectivity index (χ1n) is 25.2. The van der Waals surface area contributed by atoms with Gasteiger partial charge in [-0.05, 0) is 24.4 Å². The van der Waals surface area contributed by atoms with Crippen molar-refractivity contribution in [3.05, 3.63) is 53.0 Å². The molecule has 1 aliphatic heterocycles. The van der Waals surface area contributed by atoms with Gasteiger partial charge in [-0.2, -0.15) is 15.1 Å². The highest BCUT2D eigenvalue weighted by molar-refractivity contribution is 7.70. The highest BCUT2D eigenvalue weighted by atomic mass is 35.5. The molecule has 4 heterocycles. The fourth-order valence-electron chi connectivity index (χ4n) is 7.94. The van der Waals surface area contributed by atoms with E-state index in [9.17, 15) is 47.0 Å². The summed E-state index contributed by atoms with van der Waals surface area (Å²) in [5, 5.41) is 40.1. The first-order chi connectivity index (χ1) is 38.4. The van der Waals surface area contributed by atoms with Crippen LogP contribution in [0.5, 0.6) is 5.75 Å². The maximum Gasteiger partial charge on any atom is 0.340 e. The molecular formula is C45H65ClF3N9O20P2. The average molecular weight is 1210 g/mol. The fraction of sp³-hybridized carbons (Fsp3) is 0.667. The first-order valence-corrected chi connectivity index (χ1v) is 29.1. The second-order valence-electron chi connectivity index (χ2n) is 17.8. The monoisotopic (exact) mass is 1210 g/mol. The van der Waals surface area contributed by atoms with Crippen molar-refractivity contribution in [1.82, 2.24) is 40.1 Å². The van der Waals surface area contributed by atoms with E-state index in [1.54, 1.807) is 10.9 Å². The molecule has 35 heteroatoms. The Morgan fingerprint density at radius 3 is 2.02 bits per heavy atom. The van der Waals surface area contributed by atoms with E-state index in [0.29, 0.717) is 115 Å². The van der Waals surface area contributed by atoms with Crippen molar-refractivity contribution in [1.29, 1.82) is 0 Å². The van der Waals surface area contributed by atoms with Gasteiger partial charge in [-0.1, -0.05) is 11.6 Å². The first kappa shape index (κ1) is 64.8. The Morgan fingerprint density at radius 2 is 1.39 bits per heavy atom. The van der Waals surface area contributed by atoms with E-state index in [0.717, 1.165) is 11.1 Å². The summed E-state index contributed by atoms with van der Waals surface area (Å²) >= 11 is 6.29. The number of halogens is 4. The third-order valence-corrected chi connectivity index (χ3v) is 15.3. The number of aromatic nitrogens is 7. The van der Waals surface area contributed by atoms with Gasteiger partial charge >= 0.3 is 21.2 Å². The number of aliphatic hydroxyl groups is 2. The number of nitrogens with one attached hydrogen (secondary N) is 2. The van der Waals surface area contributed by atoms with Gasteiger partial charge in [0.25, 0.3) is 0 Å².